The maximum absolute atomic E-state index is 9.66. The lowest BCUT2D eigenvalue weighted by Crippen LogP contribution is -2.09. The van der Waals surface area contributed by atoms with Crippen molar-refractivity contribution in [2.24, 2.45) is 0 Å². The maximum atomic E-state index is 9.66. The molecule has 42 valence electrons. The van der Waals surface area contributed by atoms with Crippen LogP contribution in [0.1, 0.15) is 13.3 Å². The summed E-state index contributed by atoms with van der Waals surface area (Å²) in [6.07, 6.45) is 0.482. The summed E-state index contributed by atoms with van der Waals surface area (Å²) >= 11 is 3.63. The topological polar surface area (TPSA) is 43.1 Å². The van der Waals surface area contributed by atoms with Crippen LogP contribution in [0.25, 0.3) is 0 Å². The molecule has 0 aliphatic heterocycles. The molecule has 0 fully saturated rings. The van der Waals surface area contributed by atoms with Crippen LogP contribution in [0.4, 0.5) is 0 Å². The van der Waals surface area contributed by atoms with E-state index in [2.05, 4.69) is 12.6 Å². The van der Waals surface area contributed by atoms with Crippen molar-refractivity contribution in [1.29, 1.82) is 0 Å². The van der Waals surface area contributed by atoms with Gasteiger partial charge < -0.3 is 0 Å². The number of thiol groups is 1. The summed E-state index contributed by atoms with van der Waals surface area (Å²) in [6, 6.07) is 0. The lowest BCUT2D eigenvalue weighted by atomic mass is 10.5. The molecule has 0 aromatic carbocycles. The number of nitro groups is 1. The Hall–Kier alpha value is -0.250. The van der Waals surface area contributed by atoms with E-state index in [1.807, 2.05) is 0 Å². The van der Waals surface area contributed by atoms with E-state index in [0.29, 0.717) is 6.42 Å². The quantitative estimate of drug-likeness (QED) is 0.255. The van der Waals surface area contributed by atoms with Crippen LogP contribution in [-0.2, 0) is 0 Å². The number of hydrogen-bond donors (Lipinski definition) is 1. The molecule has 1 atom stereocenters. The van der Waals surface area contributed by atoms with Crippen molar-refractivity contribution in [2.75, 3.05) is 0 Å². The summed E-state index contributed by atoms with van der Waals surface area (Å²) < 4.78 is 0. The van der Waals surface area contributed by atoms with Crippen LogP contribution in [0.15, 0.2) is 0 Å². The van der Waals surface area contributed by atoms with Gasteiger partial charge in [-0.25, -0.2) is 0 Å². The predicted molar refractivity (Wildman–Crippen MR) is 30.1 cm³/mol. The zero-order chi connectivity index (χ0) is 5.86. The third-order valence-corrected chi connectivity index (χ3v) is 1.16. The van der Waals surface area contributed by atoms with Gasteiger partial charge in [-0.15, -0.1) is 12.6 Å². The normalized spacial score (nSPS) is 13.4. The Balaban J connectivity index is 3.34. The van der Waals surface area contributed by atoms with E-state index < -0.39 is 10.3 Å². The Bertz CT molecular complexity index is 75.3. The zero-order valence-electron chi connectivity index (χ0n) is 4.00. The van der Waals surface area contributed by atoms with Gasteiger partial charge in [0.15, 0.2) is 0 Å². The van der Waals surface area contributed by atoms with Crippen molar-refractivity contribution in [3.05, 3.63) is 10.1 Å². The SMILES string of the molecule is CCC(S)[N+](=O)[O-]. The molecule has 0 heterocycles. The molecule has 0 aromatic rings. The molecule has 0 aliphatic rings. The second-order valence-electron chi connectivity index (χ2n) is 1.17. The van der Waals surface area contributed by atoms with E-state index in [4.69, 9.17) is 0 Å². The van der Waals surface area contributed by atoms with Gasteiger partial charge in [0.25, 0.3) is 5.37 Å². The molecule has 0 amide bonds. The summed E-state index contributed by atoms with van der Waals surface area (Å²) in [5.74, 6) is 0. The molecule has 0 aromatic heterocycles. The second-order valence-corrected chi connectivity index (χ2v) is 1.77. The third kappa shape index (κ3) is 2.45. The molecular weight excluding hydrogens is 114 g/mol. The Labute approximate surface area is 47.3 Å². The number of hydrogen-bond acceptors (Lipinski definition) is 3. The second kappa shape index (κ2) is 2.85. The van der Waals surface area contributed by atoms with E-state index in [0.717, 1.165) is 0 Å². The minimum atomic E-state index is -0.681. The molecule has 0 radical (unpaired) electrons. The number of rotatable bonds is 2. The standard InChI is InChI=1S/C3H7NO2S/c1-2-3(7)4(5)6/h3,7H,2H2,1H3. The Morgan fingerprint density at radius 2 is 2.43 bits per heavy atom. The zero-order valence-corrected chi connectivity index (χ0v) is 4.89. The minimum Gasteiger partial charge on any atom is -0.263 e. The van der Waals surface area contributed by atoms with E-state index in [1.165, 1.54) is 0 Å². The third-order valence-electron chi connectivity index (χ3n) is 0.609. The Morgan fingerprint density at radius 1 is 2.00 bits per heavy atom. The first kappa shape index (κ1) is 6.75. The molecule has 0 spiro atoms. The molecule has 4 heteroatoms. The van der Waals surface area contributed by atoms with Gasteiger partial charge in [0.2, 0.25) is 0 Å². The van der Waals surface area contributed by atoms with Gasteiger partial charge in [0.1, 0.15) is 0 Å². The average Bonchev–Trinajstić information content (AvgIpc) is 1.65. The van der Waals surface area contributed by atoms with Gasteiger partial charge in [-0.2, -0.15) is 0 Å². The lowest BCUT2D eigenvalue weighted by molar-refractivity contribution is -0.494. The highest BCUT2D eigenvalue weighted by Gasteiger charge is 2.07. The fourth-order valence-electron chi connectivity index (χ4n) is 0.149. The highest BCUT2D eigenvalue weighted by Crippen LogP contribution is 1.98. The van der Waals surface area contributed by atoms with Crippen LogP contribution >= 0.6 is 12.6 Å². The first-order valence-electron chi connectivity index (χ1n) is 2.00. The summed E-state index contributed by atoms with van der Waals surface area (Å²) in [5.41, 5.74) is 0. The molecule has 1 unspecified atom stereocenters. The van der Waals surface area contributed by atoms with Crippen molar-refractivity contribution in [3.63, 3.8) is 0 Å². The first-order valence-corrected chi connectivity index (χ1v) is 2.51. The molecule has 7 heavy (non-hydrogen) atoms. The van der Waals surface area contributed by atoms with Crippen molar-refractivity contribution in [3.8, 4) is 0 Å². The first-order chi connectivity index (χ1) is 3.18. The predicted octanol–water partition coefficient (Wildman–Crippen LogP) is 0.929. The highest BCUT2D eigenvalue weighted by atomic mass is 32.1. The van der Waals surface area contributed by atoms with E-state index >= 15 is 0 Å². The molecule has 0 rings (SSSR count). The largest absolute Gasteiger partial charge is 0.263 e. The molecular formula is C3H7NO2S. The van der Waals surface area contributed by atoms with Gasteiger partial charge in [-0.1, -0.05) is 6.92 Å². The molecule has 0 aliphatic carbocycles. The molecule has 0 saturated heterocycles. The minimum absolute atomic E-state index is 0.414. The van der Waals surface area contributed by atoms with Crippen LogP contribution < -0.4 is 0 Å². The fourth-order valence-corrected chi connectivity index (χ4v) is 0.149. The summed E-state index contributed by atoms with van der Waals surface area (Å²) in [4.78, 5) is 9.25. The van der Waals surface area contributed by atoms with Crippen LogP contribution in [0.5, 0.6) is 0 Å². The van der Waals surface area contributed by atoms with Gasteiger partial charge in [-0.05, 0) is 0 Å². The van der Waals surface area contributed by atoms with Gasteiger partial charge in [0, 0.05) is 11.3 Å². The highest BCUT2D eigenvalue weighted by molar-refractivity contribution is 7.80. The van der Waals surface area contributed by atoms with Crippen LogP contribution in [0, 0.1) is 10.1 Å². The number of nitrogens with zero attached hydrogens (tertiary/aromatic N) is 1. The van der Waals surface area contributed by atoms with Crippen LogP contribution in [0.2, 0.25) is 0 Å². The van der Waals surface area contributed by atoms with Gasteiger partial charge >= 0.3 is 0 Å². The van der Waals surface area contributed by atoms with Crippen molar-refractivity contribution >= 4 is 12.6 Å². The van der Waals surface area contributed by atoms with E-state index in [9.17, 15) is 10.1 Å². The van der Waals surface area contributed by atoms with Crippen LogP contribution in [-0.4, -0.2) is 10.3 Å². The Morgan fingerprint density at radius 3 is 2.43 bits per heavy atom. The average molecular weight is 121 g/mol. The fraction of sp³-hybridized carbons (Fsp3) is 1.00. The monoisotopic (exact) mass is 121 g/mol. The van der Waals surface area contributed by atoms with Crippen molar-refractivity contribution in [2.45, 2.75) is 18.7 Å². The maximum Gasteiger partial charge on any atom is 0.255 e. The molecule has 3 nitrogen and oxygen atoms in total. The molecule has 0 bridgehead atoms. The van der Waals surface area contributed by atoms with Crippen molar-refractivity contribution in [1.82, 2.24) is 0 Å². The lowest BCUT2D eigenvalue weighted by Gasteiger charge is -1.93. The summed E-state index contributed by atoms with van der Waals surface area (Å²) in [5, 5.41) is 8.98. The van der Waals surface area contributed by atoms with Gasteiger partial charge in [0.05, 0.1) is 0 Å². The summed E-state index contributed by atoms with van der Waals surface area (Å²) in [7, 11) is 0. The van der Waals surface area contributed by atoms with E-state index in [1.54, 1.807) is 6.92 Å². The molecule has 0 N–H and O–H groups in total. The van der Waals surface area contributed by atoms with Crippen molar-refractivity contribution < 1.29 is 4.92 Å². The molecule has 0 saturated carbocycles. The smallest absolute Gasteiger partial charge is 0.255 e. The van der Waals surface area contributed by atoms with E-state index in [-0.39, 0.29) is 0 Å². The van der Waals surface area contributed by atoms with Gasteiger partial charge in [-0.3, -0.25) is 10.1 Å². The van der Waals surface area contributed by atoms with Crippen LogP contribution in [0.3, 0.4) is 0 Å². The summed E-state index contributed by atoms with van der Waals surface area (Å²) in [6.45, 7) is 1.72. The Kier molecular flexibility index (Phi) is 2.75.